The first-order chi connectivity index (χ1) is 11.1. The molecular weight excluding hydrogens is 271 g/mol. The van der Waals surface area contributed by atoms with Crippen molar-refractivity contribution in [3.63, 3.8) is 0 Å². The number of hydrogen-bond acceptors (Lipinski definition) is 0. The van der Waals surface area contributed by atoms with Crippen LogP contribution in [0.4, 0.5) is 0 Å². The SMILES string of the molecule is [2H]C([2H])(C)c1ccccc1P(c1ccccc1)c1ccccc1. The summed E-state index contributed by atoms with van der Waals surface area (Å²) in [6.45, 7) is 1.63. The molecule has 0 saturated heterocycles. The van der Waals surface area contributed by atoms with Gasteiger partial charge < -0.3 is 0 Å². The van der Waals surface area contributed by atoms with Gasteiger partial charge in [-0.2, -0.15) is 0 Å². The van der Waals surface area contributed by atoms with Gasteiger partial charge in [-0.1, -0.05) is 91.9 Å². The van der Waals surface area contributed by atoms with Crippen molar-refractivity contribution in [1.29, 1.82) is 0 Å². The summed E-state index contributed by atoms with van der Waals surface area (Å²) in [4.78, 5) is 0. The average molecular weight is 292 g/mol. The van der Waals surface area contributed by atoms with Gasteiger partial charge in [0.15, 0.2) is 0 Å². The number of hydrogen-bond donors (Lipinski definition) is 0. The van der Waals surface area contributed by atoms with E-state index in [1.807, 2.05) is 30.3 Å². The second-order valence-electron chi connectivity index (χ2n) is 4.77. The highest BCUT2D eigenvalue weighted by Gasteiger charge is 2.18. The van der Waals surface area contributed by atoms with Gasteiger partial charge in [0.1, 0.15) is 0 Å². The molecule has 0 N–H and O–H groups in total. The Morgan fingerprint density at radius 2 is 1.19 bits per heavy atom. The molecule has 0 aromatic heterocycles. The maximum atomic E-state index is 8.21. The Hall–Kier alpha value is -1.91. The minimum Gasteiger partial charge on any atom is -0.0622 e. The van der Waals surface area contributed by atoms with Crippen LogP contribution < -0.4 is 15.9 Å². The zero-order valence-electron chi connectivity index (χ0n) is 14.0. The molecule has 0 saturated carbocycles. The van der Waals surface area contributed by atoms with Gasteiger partial charge in [-0.25, -0.2) is 0 Å². The van der Waals surface area contributed by atoms with Gasteiger partial charge in [0.25, 0.3) is 0 Å². The molecule has 0 unspecified atom stereocenters. The highest BCUT2D eigenvalue weighted by Crippen LogP contribution is 2.33. The molecule has 0 nitrogen and oxygen atoms in total. The fraction of sp³-hybridized carbons (Fsp3) is 0.100. The lowest BCUT2D eigenvalue weighted by molar-refractivity contribution is 1.15. The van der Waals surface area contributed by atoms with Gasteiger partial charge in [-0.3, -0.25) is 0 Å². The number of benzene rings is 3. The number of aryl methyl sites for hydroxylation is 1. The summed E-state index contributed by atoms with van der Waals surface area (Å²) in [6, 6.07) is 28.7. The Morgan fingerprint density at radius 1 is 0.714 bits per heavy atom. The van der Waals surface area contributed by atoms with Gasteiger partial charge >= 0.3 is 0 Å². The first kappa shape index (κ1) is 11.7. The van der Waals surface area contributed by atoms with Crippen LogP contribution in [0.5, 0.6) is 0 Å². The van der Waals surface area contributed by atoms with Crippen molar-refractivity contribution in [1.82, 2.24) is 0 Å². The van der Waals surface area contributed by atoms with Crippen molar-refractivity contribution in [2.24, 2.45) is 0 Å². The van der Waals surface area contributed by atoms with Gasteiger partial charge in [0.2, 0.25) is 0 Å². The molecule has 104 valence electrons. The van der Waals surface area contributed by atoms with E-state index in [0.29, 0.717) is 0 Å². The van der Waals surface area contributed by atoms with Crippen LogP contribution in [0, 0.1) is 0 Å². The Morgan fingerprint density at radius 3 is 1.71 bits per heavy atom. The maximum Gasteiger partial charge on any atom is 0.0313 e. The summed E-state index contributed by atoms with van der Waals surface area (Å²) < 4.78 is 16.4. The molecule has 0 heterocycles. The fourth-order valence-electron chi connectivity index (χ4n) is 2.46. The van der Waals surface area contributed by atoms with E-state index < -0.39 is 14.3 Å². The Labute approximate surface area is 131 Å². The van der Waals surface area contributed by atoms with Crippen LogP contribution in [-0.2, 0) is 6.37 Å². The zero-order chi connectivity index (χ0) is 16.3. The molecule has 0 spiro atoms. The lowest BCUT2D eigenvalue weighted by atomic mass is 10.2. The van der Waals surface area contributed by atoms with Crippen LogP contribution in [0.3, 0.4) is 0 Å². The molecule has 0 aliphatic heterocycles. The minimum atomic E-state index is -1.36. The fourth-order valence-corrected chi connectivity index (χ4v) is 4.92. The van der Waals surface area contributed by atoms with E-state index >= 15 is 0 Å². The van der Waals surface area contributed by atoms with Gasteiger partial charge in [0, 0.05) is 2.74 Å². The lowest BCUT2D eigenvalue weighted by Crippen LogP contribution is -2.22. The third-order valence-electron chi connectivity index (χ3n) is 3.44. The first-order valence-electron chi connectivity index (χ1n) is 8.07. The van der Waals surface area contributed by atoms with Crippen molar-refractivity contribution < 1.29 is 2.74 Å². The van der Waals surface area contributed by atoms with Crippen LogP contribution in [-0.4, -0.2) is 0 Å². The second-order valence-corrected chi connectivity index (χ2v) is 6.96. The minimum absolute atomic E-state index is 0.771. The molecule has 21 heavy (non-hydrogen) atoms. The monoisotopic (exact) mass is 292 g/mol. The molecular formula is C20H19P. The average Bonchev–Trinajstić information content (AvgIpc) is 2.57. The molecule has 0 atom stereocenters. The van der Waals surface area contributed by atoms with E-state index in [-0.39, 0.29) is 0 Å². The summed E-state index contributed by atoms with van der Waals surface area (Å²) in [7, 11) is -0.771. The maximum absolute atomic E-state index is 8.21. The van der Waals surface area contributed by atoms with Gasteiger partial charge in [-0.05, 0) is 35.8 Å². The molecule has 0 radical (unpaired) electrons. The Bertz CT molecular complexity index is 725. The summed E-state index contributed by atoms with van der Waals surface area (Å²) in [5.41, 5.74) is 0.777. The molecule has 1 heteroatoms. The molecule has 3 aromatic carbocycles. The largest absolute Gasteiger partial charge is 0.0622 e. The van der Waals surface area contributed by atoms with Gasteiger partial charge in [-0.15, -0.1) is 0 Å². The molecule has 0 bridgehead atoms. The molecule has 3 aromatic rings. The van der Waals surface area contributed by atoms with Crippen molar-refractivity contribution in [2.45, 2.75) is 13.3 Å². The highest BCUT2D eigenvalue weighted by molar-refractivity contribution is 7.79. The Balaban J connectivity index is 2.22. The van der Waals surface area contributed by atoms with E-state index in [1.54, 1.807) is 6.92 Å². The van der Waals surface area contributed by atoms with Crippen molar-refractivity contribution in [3.8, 4) is 0 Å². The standard InChI is InChI=1S/C20H19P/c1-2-17-11-9-10-16-20(17)21(18-12-5-3-6-13-18)19-14-7-4-8-15-19/h3-16H,2H2,1H3/i2D2. The summed E-state index contributed by atoms with van der Waals surface area (Å²) in [6.07, 6.45) is -1.36. The summed E-state index contributed by atoms with van der Waals surface area (Å²) >= 11 is 0. The highest BCUT2D eigenvalue weighted by atomic mass is 31.1. The molecule has 0 aliphatic carbocycles. The van der Waals surface area contributed by atoms with E-state index in [1.165, 1.54) is 10.6 Å². The molecule has 0 aliphatic rings. The van der Waals surface area contributed by atoms with Crippen molar-refractivity contribution >= 4 is 23.8 Å². The molecule has 0 fully saturated rings. The molecule has 0 amide bonds. The predicted molar refractivity (Wildman–Crippen MR) is 94.5 cm³/mol. The second kappa shape index (κ2) is 6.70. The predicted octanol–water partition coefficient (Wildman–Crippen LogP) is 4.01. The zero-order valence-corrected chi connectivity index (χ0v) is 12.9. The van der Waals surface area contributed by atoms with E-state index in [0.717, 1.165) is 10.9 Å². The summed E-state index contributed by atoms with van der Waals surface area (Å²) in [5, 5.41) is 3.57. The van der Waals surface area contributed by atoms with E-state index in [2.05, 4.69) is 54.6 Å². The topological polar surface area (TPSA) is 0 Å². The van der Waals surface area contributed by atoms with E-state index in [4.69, 9.17) is 2.74 Å². The third-order valence-corrected chi connectivity index (χ3v) is 5.94. The van der Waals surface area contributed by atoms with E-state index in [9.17, 15) is 0 Å². The van der Waals surface area contributed by atoms with Gasteiger partial charge in [0.05, 0.1) is 0 Å². The third kappa shape index (κ3) is 3.06. The van der Waals surface area contributed by atoms with Crippen LogP contribution in [0.2, 0.25) is 0 Å². The van der Waals surface area contributed by atoms with Crippen molar-refractivity contribution in [2.75, 3.05) is 0 Å². The quantitative estimate of drug-likeness (QED) is 0.637. The smallest absolute Gasteiger partial charge is 0.0313 e. The molecule has 3 rings (SSSR count). The number of rotatable bonds is 4. The van der Waals surface area contributed by atoms with Crippen LogP contribution >= 0.6 is 7.92 Å². The first-order valence-corrected chi connectivity index (χ1v) is 8.41. The lowest BCUT2D eigenvalue weighted by Gasteiger charge is -2.21. The van der Waals surface area contributed by atoms with Crippen LogP contribution in [0.15, 0.2) is 84.9 Å². The normalized spacial score (nSPS) is 12.9. The van der Waals surface area contributed by atoms with Crippen LogP contribution in [0.25, 0.3) is 0 Å². The Kier molecular flexibility index (Phi) is 3.74. The van der Waals surface area contributed by atoms with Crippen LogP contribution in [0.1, 0.15) is 15.2 Å². The van der Waals surface area contributed by atoms with Crippen molar-refractivity contribution in [3.05, 3.63) is 90.5 Å². The summed E-state index contributed by atoms with van der Waals surface area (Å²) in [5.74, 6) is 0.